The van der Waals surface area contributed by atoms with Crippen LogP contribution in [0, 0.1) is 5.41 Å². The molecule has 0 spiro atoms. The molecule has 1 saturated heterocycles. The molecule has 1 amide bonds. The second-order valence-corrected chi connectivity index (χ2v) is 10.1. The predicted octanol–water partition coefficient (Wildman–Crippen LogP) is 2.94. The number of carbonyl (C=O) groups excluding carboxylic acids is 1. The van der Waals surface area contributed by atoms with Crippen molar-refractivity contribution >= 4 is 35.1 Å². The van der Waals surface area contributed by atoms with Crippen LogP contribution < -0.4 is 15.8 Å². The Bertz CT molecular complexity index is 1310. The molecular weight excluding hydrogens is 458 g/mol. The van der Waals surface area contributed by atoms with E-state index in [1.807, 2.05) is 17.0 Å². The number of carboxylic acids is 1. The molecule has 1 aliphatic heterocycles. The lowest BCUT2D eigenvalue weighted by Crippen LogP contribution is -2.54. The first-order chi connectivity index (χ1) is 16.0. The molecule has 1 aliphatic rings. The summed E-state index contributed by atoms with van der Waals surface area (Å²) in [6, 6.07) is 7.09. The number of hydrogen-bond acceptors (Lipinski definition) is 5. The number of aliphatic carboxylic acids is 1. The third-order valence-corrected chi connectivity index (χ3v) is 6.46. The van der Waals surface area contributed by atoms with Crippen molar-refractivity contribution in [1.29, 1.82) is 0 Å². The second-order valence-electron chi connectivity index (χ2n) is 9.70. The summed E-state index contributed by atoms with van der Waals surface area (Å²) >= 11 is 5.98. The van der Waals surface area contributed by atoms with Crippen molar-refractivity contribution in [3.8, 4) is 11.3 Å². The number of amides is 1. The number of imidazole rings is 1. The molecule has 0 aliphatic carbocycles. The highest BCUT2D eigenvalue weighted by Gasteiger charge is 2.38. The van der Waals surface area contributed by atoms with Gasteiger partial charge in [-0.2, -0.15) is 0 Å². The van der Waals surface area contributed by atoms with Crippen molar-refractivity contribution in [3.05, 3.63) is 51.9 Å². The molecule has 1 aromatic carbocycles. The molecule has 4 rings (SSSR count). The minimum Gasteiger partial charge on any atom is -0.480 e. The topological polar surface area (TPSA) is 109 Å². The monoisotopic (exact) mass is 485 g/mol. The van der Waals surface area contributed by atoms with E-state index in [0.717, 1.165) is 12.0 Å². The zero-order chi connectivity index (χ0) is 24.8. The number of benzene rings is 1. The zero-order valence-electron chi connectivity index (χ0n) is 19.6. The van der Waals surface area contributed by atoms with Crippen molar-refractivity contribution in [2.75, 3.05) is 11.4 Å². The first-order valence-electron chi connectivity index (χ1n) is 11.1. The van der Waals surface area contributed by atoms with Crippen LogP contribution in [0.2, 0.25) is 5.02 Å². The van der Waals surface area contributed by atoms with Crippen LogP contribution in [0.15, 0.2) is 41.3 Å². The number of nitrogens with zero attached hydrogens (tertiary/aromatic N) is 4. The highest BCUT2D eigenvalue weighted by molar-refractivity contribution is 6.30. The first-order valence-corrected chi connectivity index (χ1v) is 11.5. The smallest absolute Gasteiger partial charge is 0.326 e. The number of halogens is 1. The lowest BCUT2D eigenvalue weighted by atomic mass is 9.86. The van der Waals surface area contributed by atoms with E-state index in [0.29, 0.717) is 35.3 Å². The Morgan fingerprint density at radius 1 is 1.24 bits per heavy atom. The molecule has 2 atom stereocenters. The van der Waals surface area contributed by atoms with Gasteiger partial charge in [0.2, 0.25) is 11.7 Å². The van der Waals surface area contributed by atoms with Crippen LogP contribution in [-0.4, -0.2) is 49.6 Å². The summed E-state index contributed by atoms with van der Waals surface area (Å²) < 4.78 is 3.25. The Labute approximate surface area is 202 Å². The van der Waals surface area contributed by atoms with Crippen LogP contribution in [0.3, 0.4) is 0 Å². The van der Waals surface area contributed by atoms with Crippen LogP contribution >= 0.6 is 11.6 Å². The standard InChI is InChI=1S/C24H28ClN5O4/c1-24(2,3)20(22(33)34)27-21(32)17-6-5-11-29(17)18-12-19(31)30-13-16(26-23(30)28(18)4)14-7-9-15(25)10-8-14/h7-10,12-13,17,20H,5-6,11H2,1-4H3,(H,27,32)(H,33,34)/t17-,20+/m0/s1. The number of anilines is 1. The van der Waals surface area contributed by atoms with E-state index in [-0.39, 0.29) is 11.5 Å². The Morgan fingerprint density at radius 2 is 1.91 bits per heavy atom. The molecule has 2 aromatic heterocycles. The number of fused-ring (bicyclic) bond motifs is 1. The molecule has 180 valence electrons. The highest BCUT2D eigenvalue weighted by Crippen LogP contribution is 2.28. The average molecular weight is 486 g/mol. The van der Waals surface area contributed by atoms with E-state index in [9.17, 15) is 19.5 Å². The second kappa shape index (κ2) is 8.79. The number of carbonyl (C=O) groups is 2. The average Bonchev–Trinajstić information content (AvgIpc) is 3.42. The van der Waals surface area contributed by atoms with Crippen molar-refractivity contribution in [2.24, 2.45) is 12.5 Å². The third-order valence-electron chi connectivity index (χ3n) is 6.21. The first kappa shape index (κ1) is 23.8. The predicted molar refractivity (Wildman–Crippen MR) is 130 cm³/mol. The number of aromatic nitrogens is 3. The SMILES string of the molecule is Cn1c(N2CCC[C@H]2C(=O)N[C@H](C(=O)O)C(C)(C)C)cc(=O)n2cc(-c3ccc(Cl)cc3)nc12. The van der Waals surface area contributed by atoms with E-state index < -0.39 is 23.5 Å². The van der Waals surface area contributed by atoms with Crippen molar-refractivity contribution < 1.29 is 14.7 Å². The summed E-state index contributed by atoms with van der Waals surface area (Å²) in [5.74, 6) is -0.439. The molecule has 2 N–H and O–H groups in total. The van der Waals surface area contributed by atoms with Gasteiger partial charge in [-0.25, -0.2) is 9.78 Å². The molecule has 3 heterocycles. The van der Waals surface area contributed by atoms with Gasteiger partial charge in [-0.1, -0.05) is 44.5 Å². The Morgan fingerprint density at radius 3 is 2.53 bits per heavy atom. The van der Waals surface area contributed by atoms with Gasteiger partial charge in [0.05, 0.1) is 5.69 Å². The fourth-order valence-corrected chi connectivity index (χ4v) is 4.51. The highest BCUT2D eigenvalue weighted by atomic mass is 35.5. The maximum absolute atomic E-state index is 13.1. The molecule has 0 radical (unpaired) electrons. The van der Waals surface area contributed by atoms with E-state index in [1.165, 1.54) is 10.5 Å². The van der Waals surface area contributed by atoms with Crippen molar-refractivity contribution in [2.45, 2.75) is 45.7 Å². The fraction of sp³-hybridized carbons (Fsp3) is 0.417. The molecule has 1 fully saturated rings. The largest absolute Gasteiger partial charge is 0.480 e. The Hall–Kier alpha value is -3.33. The number of hydrogen-bond donors (Lipinski definition) is 2. The minimum atomic E-state index is -1.08. The Kier molecular flexibility index (Phi) is 6.16. The molecule has 0 bridgehead atoms. The number of rotatable bonds is 5. The summed E-state index contributed by atoms with van der Waals surface area (Å²) in [6.07, 6.45) is 2.99. The quantitative estimate of drug-likeness (QED) is 0.575. The summed E-state index contributed by atoms with van der Waals surface area (Å²) in [5, 5.41) is 12.9. The lowest BCUT2D eigenvalue weighted by Gasteiger charge is -2.32. The maximum Gasteiger partial charge on any atom is 0.326 e. The third kappa shape index (κ3) is 4.40. The van der Waals surface area contributed by atoms with E-state index in [1.54, 1.807) is 50.7 Å². The molecule has 10 heteroatoms. The van der Waals surface area contributed by atoms with Gasteiger partial charge in [0.25, 0.3) is 5.56 Å². The van der Waals surface area contributed by atoms with Crippen LogP contribution in [-0.2, 0) is 16.6 Å². The minimum absolute atomic E-state index is 0.264. The van der Waals surface area contributed by atoms with Gasteiger partial charge in [-0.05, 0) is 30.4 Å². The van der Waals surface area contributed by atoms with Gasteiger partial charge in [0.15, 0.2) is 0 Å². The fourth-order valence-electron chi connectivity index (χ4n) is 4.38. The molecule has 34 heavy (non-hydrogen) atoms. The van der Waals surface area contributed by atoms with Gasteiger partial charge in [-0.15, -0.1) is 0 Å². The van der Waals surface area contributed by atoms with Crippen LogP contribution in [0.1, 0.15) is 33.6 Å². The summed E-state index contributed by atoms with van der Waals surface area (Å²) in [4.78, 5) is 44.3. The van der Waals surface area contributed by atoms with Crippen LogP contribution in [0.25, 0.3) is 17.0 Å². The van der Waals surface area contributed by atoms with Gasteiger partial charge < -0.3 is 19.9 Å². The molecule has 0 unspecified atom stereocenters. The summed E-state index contributed by atoms with van der Waals surface area (Å²) in [7, 11) is 1.80. The summed E-state index contributed by atoms with van der Waals surface area (Å²) in [5.41, 5.74) is 0.547. The van der Waals surface area contributed by atoms with Crippen LogP contribution in [0.5, 0.6) is 0 Å². The molecule has 9 nitrogen and oxygen atoms in total. The molecule has 3 aromatic rings. The Balaban J connectivity index is 1.69. The summed E-state index contributed by atoms with van der Waals surface area (Å²) in [6.45, 7) is 5.88. The lowest BCUT2D eigenvalue weighted by molar-refractivity contribution is -0.145. The van der Waals surface area contributed by atoms with Gasteiger partial charge in [0.1, 0.15) is 17.9 Å². The zero-order valence-corrected chi connectivity index (χ0v) is 20.3. The maximum atomic E-state index is 13.1. The van der Waals surface area contributed by atoms with Gasteiger partial charge >= 0.3 is 5.97 Å². The van der Waals surface area contributed by atoms with Crippen molar-refractivity contribution in [1.82, 2.24) is 19.3 Å². The van der Waals surface area contributed by atoms with Crippen LogP contribution in [0.4, 0.5) is 5.82 Å². The van der Waals surface area contributed by atoms with E-state index in [4.69, 9.17) is 11.6 Å². The van der Waals surface area contributed by atoms with E-state index in [2.05, 4.69) is 10.3 Å². The number of nitrogens with one attached hydrogen (secondary N) is 1. The number of aryl methyl sites for hydroxylation is 1. The number of carboxylic acid groups (broad SMARTS) is 1. The van der Waals surface area contributed by atoms with E-state index >= 15 is 0 Å². The van der Waals surface area contributed by atoms with Gasteiger partial charge in [0, 0.05) is 36.4 Å². The molecule has 0 saturated carbocycles. The molecular formula is C24H28ClN5O4. The van der Waals surface area contributed by atoms with Gasteiger partial charge in [-0.3, -0.25) is 14.0 Å². The normalized spacial score (nSPS) is 17.2. The van der Waals surface area contributed by atoms with Crippen molar-refractivity contribution in [3.63, 3.8) is 0 Å².